The Bertz CT molecular complexity index is 345. The second-order valence-corrected chi connectivity index (χ2v) is 3.23. The van der Waals surface area contributed by atoms with Gasteiger partial charge in [-0.2, -0.15) is 0 Å². The molecule has 1 amide bonds. The van der Waals surface area contributed by atoms with Crippen molar-refractivity contribution in [3.8, 4) is 0 Å². The molecule has 0 atom stereocenters. The number of halogens is 4. The molecule has 0 bridgehead atoms. The highest BCUT2D eigenvalue weighted by Gasteiger charge is 2.14. The number of anilines is 1. The smallest absolute Gasteiger partial charge is 0.254 e. The van der Waals surface area contributed by atoms with E-state index in [1.807, 2.05) is 0 Å². The Morgan fingerprint density at radius 3 is 2.54 bits per heavy atom. The quantitative estimate of drug-likeness (QED) is 0.417. The highest BCUT2D eigenvalue weighted by Crippen LogP contribution is 2.25. The van der Waals surface area contributed by atoms with Crippen molar-refractivity contribution in [2.45, 2.75) is 0 Å². The first-order valence-electron chi connectivity index (χ1n) is 3.13. The van der Waals surface area contributed by atoms with E-state index in [2.05, 4.69) is 0 Å². The van der Waals surface area contributed by atoms with Gasteiger partial charge in [-0.15, -0.1) is 0 Å². The molecule has 6 heteroatoms. The van der Waals surface area contributed by atoms with E-state index in [1.54, 1.807) is 0 Å². The third-order valence-electron chi connectivity index (χ3n) is 1.28. The summed E-state index contributed by atoms with van der Waals surface area (Å²) in [4.78, 5) is 10.5. The number of benzene rings is 1. The van der Waals surface area contributed by atoms with Crippen LogP contribution in [0.2, 0.25) is 5.02 Å². The molecular formula is C7H3Cl3FNO. The fraction of sp³-hybridized carbons (Fsp3) is 0. The van der Waals surface area contributed by atoms with Crippen molar-refractivity contribution in [3.05, 3.63) is 29.0 Å². The predicted octanol–water partition coefficient (Wildman–Crippen LogP) is 3.80. The number of nitrogens with zero attached hydrogens (tertiary/aromatic N) is 1. The van der Waals surface area contributed by atoms with Crippen LogP contribution in [0.4, 0.5) is 14.9 Å². The van der Waals surface area contributed by atoms with E-state index in [-0.39, 0.29) is 10.7 Å². The van der Waals surface area contributed by atoms with Crippen LogP contribution in [0.1, 0.15) is 0 Å². The summed E-state index contributed by atoms with van der Waals surface area (Å²) in [6, 6.07) is 3.69. The lowest BCUT2D eigenvalue weighted by atomic mass is 10.3. The van der Waals surface area contributed by atoms with Gasteiger partial charge in [0.25, 0.3) is 0 Å². The molecule has 0 aliphatic carbocycles. The summed E-state index contributed by atoms with van der Waals surface area (Å²) < 4.78 is 13.5. The van der Waals surface area contributed by atoms with Gasteiger partial charge in [0.2, 0.25) is 0 Å². The molecule has 70 valence electrons. The molecule has 0 saturated heterocycles. The molecule has 0 unspecified atom stereocenters. The number of hydrogen-bond donors (Lipinski definition) is 0. The average molecular weight is 242 g/mol. The lowest BCUT2D eigenvalue weighted by Gasteiger charge is -2.10. The Labute approximate surface area is 88.9 Å². The van der Waals surface area contributed by atoms with Crippen molar-refractivity contribution >= 4 is 46.0 Å². The van der Waals surface area contributed by atoms with E-state index < -0.39 is 11.2 Å². The zero-order chi connectivity index (χ0) is 10.0. The van der Waals surface area contributed by atoms with E-state index in [0.29, 0.717) is 4.42 Å². The SMILES string of the molecule is O=C(Cl)N(Cl)c1ccc(Cl)cc1F. The molecule has 1 rings (SSSR count). The van der Waals surface area contributed by atoms with Crippen molar-refractivity contribution < 1.29 is 9.18 Å². The Kier molecular flexibility index (Phi) is 3.36. The molecule has 0 heterocycles. The van der Waals surface area contributed by atoms with Gasteiger partial charge in [0, 0.05) is 16.8 Å². The second kappa shape index (κ2) is 4.13. The predicted molar refractivity (Wildman–Crippen MR) is 51.0 cm³/mol. The van der Waals surface area contributed by atoms with Gasteiger partial charge in [0.1, 0.15) is 5.82 Å². The van der Waals surface area contributed by atoms with E-state index in [0.717, 1.165) is 6.07 Å². The van der Waals surface area contributed by atoms with Crippen LogP contribution in [0.15, 0.2) is 18.2 Å². The van der Waals surface area contributed by atoms with Gasteiger partial charge in [-0.1, -0.05) is 11.6 Å². The molecule has 0 aromatic heterocycles. The summed E-state index contributed by atoms with van der Waals surface area (Å²) in [5.74, 6) is -0.712. The largest absolute Gasteiger partial charge is 0.335 e. The first kappa shape index (κ1) is 10.6. The topological polar surface area (TPSA) is 20.3 Å². The second-order valence-electron chi connectivity index (χ2n) is 2.13. The summed E-state index contributed by atoms with van der Waals surface area (Å²) in [6.07, 6.45) is 0. The summed E-state index contributed by atoms with van der Waals surface area (Å²) >= 11 is 15.9. The first-order valence-corrected chi connectivity index (χ1v) is 4.22. The molecular weight excluding hydrogens is 239 g/mol. The van der Waals surface area contributed by atoms with Crippen LogP contribution in [-0.4, -0.2) is 5.37 Å². The molecule has 0 N–H and O–H groups in total. The van der Waals surface area contributed by atoms with E-state index in [9.17, 15) is 9.18 Å². The summed E-state index contributed by atoms with van der Waals surface area (Å²) in [5, 5.41) is -0.767. The van der Waals surface area contributed by atoms with Gasteiger partial charge in [-0.05, 0) is 29.8 Å². The van der Waals surface area contributed by atoms with Crippen LogP contribution in [0.25, 0.3) is 0 Å². The van der Waals surface area contributed by atoms with Crippen LogP contribution in [0, 0.1) is 5.82 Å². The minimum absolute atomic E-state index is 0.133. The van der Waals surface area contributed by atoms with Gasteiger partial charge in [0.05, 0.1) is 5.69 Å². The fourth-order valence-corrected chi connectivity index (χ4v) is 1.12. The number of carbonyl (C=O) groups excluding carboxylic acids is 1. The van der Waals surface area contributed by atoms with Gasteiger partial charge < -0.3 is 0 Å². The van der Waals surface area contributed by atoms with Crippen molar-refractivity contribution in [3.63, 3.8) is 0 Å². The van der Waals surface area contributed by atoms with E-state index in [4.69, 9.17) is 35.0 Å². The van der Waals surface area contributed by atoms with Crippen molar-refractivity contribution in [2.24, 2.45) is 0 Å². The van der Waals surface area contributed by atoms with Crippen LogP contribution >= 0.6 is 35.0 Å². The molecule has 2 nitrogen and oxygen atoms in total. The number of carbonyl (C=O) groups is 1. The van der Waals surface area contributed by atoms with Crippen molar-refractivity contribution in [2.75, 3.05) is 4.42 Å². The average Bonchev–Trinajstić information content (AvgIpc) is 2.03. The Morgan fingerprint density at radius 2 is 2.08 bits per heavy atom. The molecule has 1 aromatic carbocycles. The molecule has 0 radical (unpaired) electrons. The van der Waals surface area contributed by atoms with Crippen molar-refractivity contribution in [1.82, 2.24) is 0 Å². The van der Waals surface area contributed by atoms with Gasteiger partial charge in [0.15, 0.2) is 0 Å². The Balaban J connectivity index is 3.08. The monoisotopic (exact) mass is 241 g/mol. The standard InChI is InChI=1S/C7H3Cl3FNO/c8-4-1-2-6(5(11)3-4)12(10)7(9)13/h1-3H. The van der Waals surface area contributed by atoms with Crippen LogP contribution in [0.5, 0.6) is 0 Å². The third kappa shape index (κ3) is 2.46. The Morgan fingerprint density at radius 1 is 1.46 bits per heavy atom. The highest BCUT2D eigenvalue weighted by molar-refractivity contribution is 6.71. The maximum atomic E-state index is 13.0. The number of amides is 1. The molecule has 0 saturated carbocycles. The van der Waals surface area contributed by atoms with Crippen LogP contribution < -0.4 is 4.42 Å². The summed E-state index contributed by atoms with van der Waals surface area (Å²) in [6.45, 7) is 0. The normalized spacial score (nSPS) is 9.85. The summed E-state index contributed by atoms with van der Waals surface area (Å²) in [5.41, 5.74) is -0.133. The maximum absolute atomic E-state index is 13.0. The maximum Gasteiger partial charge on any atom is 0.335 e. The van der Waals surface area contributed by atoms with E-state index >= 15 is 0 Å². The molecule has 0 spiro atoms. The molecule has 13 heavy (non-hydrogen) atoms. The lowest BCUT2D eigenvalue weighted by molar-refractivity contribution is 0.266. The van der Waals surface area contributed by atoms with Crippen LogP contribution in [0.3, 0.4) is 0 Å². The van der Waals surface area contributed by atoms with Crippen molar-refractivity contribution in [1.29, 1.82) is 0 Å². The number of rotatable bonds is 1. The Hall–Kier alpha value is -0.510. The molecule has 0 fully saturated rings. The zero-order valence-corrected chi connectivity index (χ0v) is 8.37. The van der Waals surface area contributed by atoms with Gasteiger partial charge in [-0.3, -0.25) is 4.79 Å². The molecule has 0 aliphatic rings. The van der Waals surface area contributed by atoms with E-state index in [1.165, 1.54) is 12.1 Å². The molecule has 1 aromatic rings. The fourth-order valence-electron chi connectivity index (χ4n) is 0.735. The van der Waals surface area contributed by atoms with Crippen LogP contribution in [-0.2, 0) is 0 Å². The first-order chi connectivity index (χ1) is 6.02. The highest BCUT2D eigenvalue weighted by atomic mass is 35.5. The zero-order valence-electron chi connectivity index (χ0n) is 6.10. The van der Waals surface area contributed by atoms with Gasteiger partial charge in [-0.25, -0.2) is 8.81 Å². The minimum Gasteiger partial charge on any atom is -0.254 e. The minimum atomic E-state index is -0.983. The third-order valence-corrected chi connectivity index (χ3v) is 2.10. The summed E-state index contributed by atoms with van der Waals surface area (Å²) in [7, 11) is 0. The van der Waals surface area contributed by atoms with Gasteiger partial charge >= 0.3 is 5.37 Å². The number of hydrogen-bond acceptors (Lipinski definition) is 1. The molecule has 0 aliphatic heterocycles. The lowest BCUT2D eigenvalue weighted by Crippen LogP contribution is -2.13.